The van der Waals surface area contributed by atoms with E-state index in [1.54, 1.807) is 38.5 Å². The van der Waals surface area contributed by atoms with Crippen molar-refractivity contribution in [2.24, 2.45) is 0 Å². The third-order valence-corrected chi connectivity index (χ3v) is 7.42. The Hall–Kier alpha value is -4.28. The zero-order valence-electron chi connectivity index (χ0n) is 26.8. The molecule has 1 N–H and O–H groups in total. The van der Waals surface area contributed by atoms with Gasteiger partial charge in [-0.3, -0.25) is 9.69 Å². The van der Waals surface area contributed by atoms with E-state index in [2.05, 4.69) is 20.2 Å². The lowest BCUT2D eigenvalue weighted by atomic mass is 10.0. The van der Waals surface area contributed by atoms with E-state index in [-0.39, 0.29) is 30.1 Å². The summed E-state index contributed by atoms with van der Waals surface area (Å²) in [6, 6.07) is 6.69. The van der Waals surface area contributed by atoms with Crippen molar-refractivity contribution >= 4 is 28.6 Å². The Kier molecular flexibility index (Phi) is 9.22. The van der Waals surface area contributed by atoms with E-state index in [1.165, 1.54) is 0 Å². The molecule has 1 aliphatic heterocycles. The molecule has 1 saturated heterocycles. The maximum atomic E-state index is 14.0. The number of rotatable bonds is 7. The van der Waals surface area contributed by atoms with Crippen molar-refractivity contribution in [2.75, 3.05) is 39.3 Å². The smallest absolute Gasteiger partial charge is 0.410 e. The van der Waals surface area contributed by atoms with E-state index < -0.39 is 5.60 Å². The first-order chi connectivity index (χ1) is 20.3. The van der Waals surface area contributed by atoms with Crippen LogP contribution in [0.3, 0.4) is 0 Å². The number of nitrogens with zero attached hydrogens (tertiary/aromatic N) is 4. The molecule has 1 fully saturated rings. The van der Waals surface area contributed by atoms with Gasteiger partial charge in [-0.25, -0.2) is 14.8 Å². The molecule has 3 atom stereocenters. The molecule has 0 aliphatic carbocycles. The number of carbonyl (C=O) groups excluding carboxylic acids is 2. The largest absolute Gasteiger partial charge is 0.497 e. The number of piperazine rings is 1. The Labute approximate surface area is 253 Å². The lowest BCUT2D eigenvalue weighted by Crippen LogP contribution is -2.59. The lowest BCUT2D eigenvalue weighted by molar-refractivity contribution is 0.00564. The van der Waals surface area contributed by atoms with Gasteiger partial charge in [-0.2, -0.15) is 0 Å². The number of amides is 2. The molecule has 3 aromatic rings. The molecule has 43 heavy (non-hydrogen) atoms. The van der Waals surface area contributed by atoms with Gasteiger partial charge in [0.15, 0.2) is 0 Å². The fraction of sp³-hybridized carbons (Fsp3) is 0.500. The summed E-state index contributed by atoms with van der Waals surface area (Å²) >= 11 is 0. The number of benzene rings is 1. The van der Waals surface area contributed by atoms with Crippen LogP contribution >= 0.6 is 0 Å². The molecule has 0 bridgehead atoms. The van der Waals surface area contributed by atoms with Crippen LogP contribution in [0.15, 0.2) is 30.5 Å². The van der Waals surface area contributed by atoms with Crippen LogP contribution in [0.4, 0.5) is 10.5 Å². The first-order valence-electron chi connectivity index (χ1n) is 14.4. The van der Waals surface area contributed by atoms with Crippen molar-refractivity contribution in [3.05, 3.63) is 47.3 Å². The van der Waals surface area contributed by atoms with Crippen LogP contribution in [-0.4, -0.2) is 79.0 Å². The van der Waals surface area contributed by atoms with Gasteiger partial charge in [-0.15, -0.1) is 0 Å². The summed E-state index contributed by atoms with van der Waals surface area (Å²) < 4.78 is 22.1. The molecule has 0 spiro atoms. The van der Waals surface area contributed by atoms with Crippen LogP contribution in [0.25, 0.3) is 10.9 Å². The predicted octanol–water partition coefficient (Wildman–Crippen LogP) is 5.29. The van der Waals surface area contributed by atoms with Gasteiger partial charge in [0.05, 0.1) is 50.7 Å². The highest BCUT2D eigenvalue weighted by atomic mass is 16.6. The van der Waals surface area contributed by atoms with E-state index in [4.69, 9.17) is 18.9 Å². The van der Waals surface area contributed by atoms with Crippen molar-refractivity contribution < 1.29 is 28.5 Å². The maximum absolute atomic E-state index is 14.0. The van der Waals surface area contributed by atoms with Crippen molar-refractivity contribution in [3.8, 4) is 17.4 Å². The van der Waals surface area contributed by atoms with Crippen LogP contribution in [0.2, 0.25) is 0 Å². The van der Waals surface area contributed by atoms with E-state index in [0.29, 0.717) is 47.2 Å². The molecule has 1 aromatic carbocycles. The fourth-order valence-corrected chi connectivity index (χ4v) is 5.54. The summed E-state index contributed by atoms with van der Waals surface area (Å²) in [5.41, 5.74) is 2.63. The lowest BCUT2D eigenvalue weighted by Gasteiger charge is -2.45. The van der Waals surface area contributed by atoms with Gasteiger partial charge in [0.2, 0.25) is 5.88 Å². The van der Waals surface area contributed by atoms with Crippen LogP contribution in [0, 0.1) is 6.92 Å². The number of ether oxygens (including phenoxy) is 4. The van der Waals surface area contributed by atoms with Crippen molar-refractivity contribution in [2.45, 2.75) is 72.2 Å². The average molecular weight is 594 g/mol. The summed E-state index contributed by atoms with van der Waals surface area (Å²) in [6.07, 6.45) is 1.22. The maximum Gasteiger partial charge on any atom is 0.410 e. The fourth-order valence-electron chi connectivity index (χ4n) is 5.54. The predicted molar refractivity (Wildman–Crippen MR) is 165 cm³/mol. The second-order valence-electron chi connectivity index (χ2n) is 12.0. The number of aromatic nitrogens is 2. The number of fused-ring (bicyclic) bond motifs is 1. The molecule has 232 valence electrons. The molecular weight excluding hydrogens is 550 g/mol. The molecule has 1 aliphatic rings. The quantitative estimate of drug-likeness (QED) is 0.390. The third kappa shape index (κ3) is 6.87. The van der Waals surface area contributed by atoms with E-state index in [9.17, 15) is 9.59 Å². The highest BCUT2D eigenvalue weighted by Gasteiger charge is 2.37. The van der Waals surface area contributed by atoms with Gasteiger partial charge < -0.3 is 29.2 Å². The second kappa shape index (κ2) is 12.5. The standard InChI is InChI=1S/C32H43N5O6/c1-18-11-25-27(30(34-18)42-10)33-15-26(29(38)35-21(4)22-12-23(40-8)14-24(13-22)41-9)28(25)36-16-19(2)37(20(3)17-36)31(39)43-32(5,6)7/h11-15,19-21H,16-17H2,1-10H3,(H,35,38)/t19-,20+,21-/m0/s1. The number of hydrogen-bond acceptors (Lipinski definition) is 9. The number of aryl methyl sites for hydroxylation is 1. The van der Waals surface area contributed by atoms with Crippen molar-refractivity contribution in [1.82, 2.24) is 20.2 Å². The number of methoxy groups -OCH3 is 3. The van der Waals surface area contributed by atoms with Crippen molar-refractivity contribution in [1.29, 1.82) is 0 Å². The number of carbonyl (C=O) groups is 2. The topological polar surface area (TPSA) is 115 Å². The Morgan fingerprint density at radius 3 is 2.12 bits per heavy atom. The minimum absolute atomic E-state index is 0.189. The van der Waals surface area contributed by atoms with Crippen LogP contribution in [-0.2, 0) is 4.74 Å². The van der Waals surface area contributed by atoms with Gasteiger partial charge in [-0.05, 0) is 72.2 Å². The number of pyridine rings is 2. The number of nitrogens with one attached hydrogen (secondary N) is 1. The molecule has 11 nitrogen and oxygen atoms in total. The van der Waals surface area contributed by atoms with Crippen LogP contribution in [0.5, 0.6) is 17.4 Å². The first kappa shape index (κ1) is 31.7. The third-order valence-electron chi connectivity index (χ3n) is 7.42. The highest BCUT2D eigenvalue weighted by molar-refractivity contribution is 6.08. The number of anilines is 1. The van der Waals surface area contributed by atoms with Gasteiger partial charge in [0.1, 0.15) is 22.6 Å². The summed E-state index contributed by atoms with van der Waals surface area (Å²) in [7, 11) is 4.73. The van der Waals surface area contributed by atoms with Crippen LogP contribution in [0.1, 0.15) is 69.2 Å². The summed E-state index contributed by atoms with van der Waals surface area (Å²) in [6.45, 7) is 14.3. The molecule has 0 radical (unpaired) electrons. The van der Waals surface area contributed by atoms with Crippen LogP contribution < -0.4 is 24.4 Å². The first-order valence-corrected chi connectivity index (χ1v) is 14.4. The highest BCUT2D eigenvalue weighted by Crippen LogP contribution is 2.36. The molecule has 11 heteroatoms. The van der Waals surface area contributed by atoms with E-state index in [0.717, 1.165) is 16.6 Å². The van der Waals surface area contributed by atoms with Crippen molar-refractivity contribution in [3.63, 3.8) is 0 Å². The summed E-state index contributed by atoms with van der Waals surface area (Å²) in [4.78, 5) is 40.2. The Morgan fingerprint density at radius 2 is 1.58 bits per heavy atom. The molecule has 0 unspecified atom stereocenters. The molecule has 2 amide bonds. The SMILES string of the molecule is COc1cc(OC)cc([C@H](C)NC(=O)c2cnc3c(OC)nc(C)cc3c2N2C[C@@H](C)N(C(=O)OC(C)(C)C)[C@@H](C)C2)c1. The van der Waals surface area contributed by atoms with Gasteiger partial charge in [-0.1, -0.05) is 0 Å². The second-order valence-corrected chi connectivity index (χ2v) is 12.0. The van der Waals surface area contributed by atoms with Gasteiger partial charge in [0, 0.05) is 36.4 Å². The molecule has 2 aromatic heterocycles. The monoisotopic (exact) mass is 593 g/mol. The zero-order valence-corrected chi connectivity index (χ0v) is 26.8. The van der Waals surface area contributed by atoms with Gasteiger partial charge >= 0.3 is 6.09 Å². The zero-order chi connectivity index (χ0) is 31.6. The summed E-state index contributed by atoms with van der Waals surface area (Å²) in [5.74, 6) is 1.35. The average Bonchev–Trinajstić information content (AvgIpc) is 2.94. The Morgan fingerprint density at radius 1 is 0.977 bits per heavy atom. The molecule has 0 saturated carbocycles. The van der Waals surface area contributed by atoms with E-state index >= 15 is 0 Å². The normalized spacial score (nSPS) is 17.8. The van der Waals surface area contributed by atoms with E-state index in [1.807, 2.05) is 66.7 Å². The molecular formula is C32H43N5O6. The summed E-state index contributed by atoms with van der Waals surface area (Å²) in [5, 5.41) is 3.88. The minimum atomic E-state index is -0.606. The Balaban J connectivity index is 1.75. The number of hydrogen-bond donors (Lipinski definition) is 1. The van der Waals surface area contributed by atoms with Gasteiger partial charge in [0.25, 0.3) is 5.91 Å². The molecule has 4 rings (SSSR count). The Bertz CT molecular complexity index is 1470. The molecule has 3 heterocycles. The minimum Gasteiger partial charge on any atom is -0.497 e.